The fourth-order valence-electron chi connectivity index (χ4n) is 2.71. The average molecular weight is 258 g/mol. The van der Waals surface area contributed by atoms with Crippen molar-refractivity contribution < 1.29 is 8.78 Å². The van der Waals surface area contributed by atoms with Crippen molar-refractivity contribution in [3.8, 4) is 11.1 Å². The highest BCUT2D eigenvalue weighted by Gasteiger charge is 2.44. The van der Waals surface area contributed by atoms with Gasteiger partial charge in [-0.3, -0.25) is 0 Å². The number of benzene rings is 2. The minimum Gasteiger partial charge on any atom is -0.196 e. The second-order valence-electron chi connectivity index (χ2n) is 5.58. The lowest BCUT2D eigenvalue weighted by Gasteiger charge is -2.14. The molecule has 2 heteroatoms. The molecule has 2 aromatic rings. The first-order valence-electron chi connectivity index (χ1n) is 6.55. The molecule has 0 spiro atoms. The van der Waals surface area contributed by atoms with Gasteiger partial charge in [0.2, 0.25) is 0 Å². The quantitative estimate of drug-likeness (QED) is 0.656. The highest BCUT2D eigenvalue weighted by molar-refractivity contribution is 5.80. The SMILES string of the molecule is Cc1ccc2c(c1)C(F)(F)c1cc(C(C)C)ccc1-2. The summed E-state index contributed by atoms with van der Waals surface area (Å²) in [6.45, 7) is 5.89. The van der Waals surface area contributed by atoms with Gasteiger partial charge in [-0.15, -0.1) is 0 Å². The maximum Gasteiger partial charge on any atom is 0.299 e. The Kier molecular flexibility index (Phi) is 2.53. The fraction of sp³-hybridized carbons (Fsp3) is 0.294. The number of alkyl halides is 2. The van der Waals surface area contributed by atoms with Gasteiger partial charge >= 0.3 is 0 Å². The zero-order chi connectivity index (χ0) is 13.8. The Morgan fingerprint density at radius 2 is 1.47 bits per heavy atom. The van der Waals surface area contributed by atoms with E-state index in [1.807, 2.05) is 39.0 Å². The summed E-state index contributed by atoms with van der Waals surface area (Å²) < 4.78 is 29.1. The minimum absolute atomic E-state index is 0.142. The maximum atomic E-state index is 14.6. The molecule has 0 N–H and O–H groups in total. The Morgan fingerprint density at radius 1 is 0.895 bits per heavy atom. The van der Waals surface area contributed by atoms with E-state index in [1.54, 1.807) is 18.2 Å². The molecule has 98 valence electrons. The van der Waals surface area contributed by atoms with E-state index in [4.69, 9.17) is 0 Å². The van der Waals surface area contributed by atoms with Crippen molar-refractivity contribution in [1.82, 2.24) is 0 Å². The average Bonchev–Trinajstić information content (AvgIpc) is 2.58. The van der Waals surface area contributed by atoms with Crippen LogP contribution in [0.3, 0.4) is 0 Å². The number of hydrogen-bond donors (Lipinski definition) is 0. The second kappa shape index (κ2) is 3.89. The van der Waals surface area contributed by atoms with E-state index in [-0.39, 0.29) is 17.0 Å². The summed E-state index contributed by atoms with van der Waals surface area (Å²) >= 11 is 0. The lowest BCUT2D eigenvalue weighted by atomic mass is 9.97. The van der Waals surface area contributed by atoms with Crippen molar-refractivity contribution in [3.63, 3.8) is 0 Å². The topological polar surface area (TPSA) is 0 Å². The van der Waals surface area contributed by atoms with Gasteiger partial charge < -0.3 is 0 Å². The van der Waals surface area contributed by atoms with Crippen molar-refractivity contribution in [2.75, 3.05) is 0 Å². The number of aryl methyl sites for hydroxylation is 1. The molecule has 1 aliphatic rings. The molecular formula is C17H16F2. The summed E-state index contributed by atoms with van der Waals surface area (Å²) in [6, 6.07) is 10.7. The first-order valence-corrected chi connectivity index (χ1v) is 6.55. The predicted molar refractivity (Wildman–Crippen MR) is 73.7 cm³/mol. The van der Waals surface area contributed by atoms with Crippen LogP contribution < -0.4 is 0 Å². The van der Waals surface area contributed by atoms with Crippen LogP contribution in [0.1, 0.15) is 42.0 Å². The van der Waals surface area contributed by atoms with Gasteiger partial charge in [-0.2, -0.15) is 8.78 Å². The van der Waals surface area contributed by atoms with Crippen molar-refractivity contribution in [1.29, 1.82) is 0 Å². The van der Waals surface area contributed by atoms with Crippen molar-refractivity contribution in [2.24, 2.45) is 0 Å². The van der Waals surface area contributed by atoms with Crippen LogP contribution in [-0.2, 0) is 5.92 Å². The molecule has 0 aliphatic heterocycles. The molecule has 19 heavy (non-hydrogen) atoms. The van der Waals surface area contributed by atoms with Gasteiger partial charge in [0.05, 0.1) is 0 Å². The smallest absolute Gasteiger partial charge is 0.196 e. The lowest BCUT2D eigenvalue weighted by molar-refractivity contribution is 0.0478. The molecule has 1 aliphatic carbocycles. The first-order chi connectivity index (χ1) is 8.91. The van der Waals surface area contributed by atoms with Gasteiger partial charge in [0, 0.05) is 11.1 Å². The fourth-order valence-corrected chi connectivity index (χ4v) is 2.71. The monoisotopic (exact) mass is 258 g/mol. The maximum absolute atomic E-state index is 14.6. The molecule has 0 radical (unpaired) electrons. The third-order valence-electron chi connectivity index (χ3n) is 3.85. The normalized spacial score (nSPS) is 15.5. The number of halogens is 2. The second-order valence-corrected chi connectivity index (χ2v) is 5.58. The van der Waals surface area contributed by atoms with Crippen LogP contribution in [0.15, 0.2) is 36.4 Å². The zero-order valence-electron chi connectivity index (χ0n) is 11.3. The summed E-state index contributed by atoms with van der Waals surface area (Å²) in [6.07, 6.45) is 0. The number of rotatable bonds is 1. The Bertz CT molecular complexity index is 654. The van der Waals surface area contributed by atoms with Crippen LogP contribution in [0.25, 0.3) is 11.1 Å². The largest absolute Gasteiger partial charge is 0.299 e. The van der Waals surface area contributed by atoms with Gasteiger partial charge in [-0.05, 0) is 41.7 Å². The van der Waals surface area contributed by atoms with Crippen molar-refractivity contribution >= 4 is 0 Å². The first kappa shape index (κ1) is 12.3. The lowest BCUT2D eigenvalue weighted by Crippen LogP contribution is -2.11. The number of fused-ring (bicyclic) bond motifs is 3. The summed E-state index contributed by atoms with van der Waals surface area (Å²) in [5.74, 6) is -2.62. The Hall–Kier alpha value is -1.70. The van der Waals surface area contributed by atoms with Crippen LogP contribution in [-0.4, -0.2) is 0 Å². The molecule has 0 aromatic heterocycles. The van der Waals surface area contributed by atoms with E-state index in [9.17, 15) is 8.78 Å². The van der Waals surface area contributed by atoms with E-state index < -0.39 is 5.92 Å². The van der Waals surface area contributed by atoms with Crippen LogP contribution in [0.4, 0.5) is 8.78 Å². The Labute approximate surface area is 112 Å². The van der Waals surface area contributed by atoms with Gasteiger partial charge in [0.25, 0.3) is 5.92 Å². The molecule has 0 saturated heterocycles. The van der Waals surface area contributed by atoms with E-state index in [0.717, 1.165) is 11.1 Å². The van der Waals surface area contributed by atoms with E-state index in [1.165, 1.54) is 0 Å². The highest BCUT2D eigenvalue weighted by Crippen LogP contribution is 2.51. The summed E-state index contributed by atoms with van der Waals surface area (Å²) in [7, 11) is 0. The molecule has 0 heterocycles. The third kappa shape index (κ3) is 1.70. The van der Waals surface area contributed by atoms with Crippen LogP contribution in [0.2, 0.25) is 0 Å². The Balaban J connectivity index is 2.28. The van der Waals surface area contributed by atoms with Crippen LogP contribution in [0, 0.1) is 6.92 Å². The standard InChI is InChI=1S/C17H16F2/c1-10(2)12-5-7-14-13-6-4-11(3)8-15(13)17(18,19)16(14)9-12/h4-10H,1-3H3. The third-order valence-corrected chi connectivity index (χ3v) is 3.85. The van der Waals surface area contributed by atoms with Gasteiger partial charge in [-0.25, -0.2) is 0 Å². The van der Waals surface area contributed by atoms with Crippen molar-refractivity contribution in [3.05, 3.63) is 58.7 Å². The highest BCUT2D eigenvalue weighted by atomic mass is 19.3. The molecule has 0 fully saturated rings. The van der Waals surface area contributed by atoms with Gasteiger partial charge in [-0.1, -0.05) is 43.7 Å². The molecule has 2 aromatic carbocycles. The zero-order valence-corrected chi connectivity index (χ0v) is 11.3. The minimum atomic E-state index is -2.87. The van der Waals surface area contributed by atoms with Crippen LogP contribution >= 0.6 is 0 Å². The van der Waals surface area contributed by atoms with E-state index in [0.29, 0.717) is 11.1 Å². The molecular weight excluding hydrogens is 242 g/mol. The molecule has 0 bridgehead atoms. The molecule has 0 amide bonds. The summed E-state index contributed by atoms with van der Waals surface area (Å²) in [5.41, 5.74) is 3.46. The predicted octanol–water partition coefficient (Wildman–Crippen LogP) is 5.24. The van der Waals surface area contributed by atoms with Crippen molar-refractivity contribution in [2.45, 2.75) is 32.6 Å². The molecule has 0 atom stereocenters. The molecule has 0 unspecified atom stereocenters. The summed E-state index contributed by atoms with van der Waals surface area (Å²) in [5, 5.41) is 0. The summed E-state index contributed by atoms with van der Waals surface area (Å²) in [4.78, 5) is 0. The van der Waals surface area contributed by atoms with E-state index >= 15 is 0 Å². The van der Waals surface area contributed by atoms with Crippen LogP contribution in [0.5, 0.6) is 0 Å². The molecule has 0 saturated carbocycles. The molecule has 0 nitrogen and oxygen atoms in total. The Morgan fingerprint density at radius 3 is 2.11 bits per heavy atom. The van der Waals surface area contributed by atoms with E-state index in [2.05, 4.69) is 0 Å². The van der Waals surface area contributed by atoms with Gasteiger partial charge in [0.15, 0.2) is 0 Å². The number of hydrogen-bond acceptors (Lipinski definition) is 0. The molecule has 3 rings (SSSR count). The van der Waals surface area contributed by atoms with Gasteiger partial charge in [0.1, 0.15) is 0 Å².